The van der Waals surface area contributed by atoms with E-state index in [-0.39, 0.29) is 0 Å². The number of hydrogen-bond acceptors (Lipinski definition) is 5. The van der Waals surface area contributed by atoms with Gasteiger partial charge in [0.1, 0.15) is 5.01 Å². The number of anilines is 1. The quantitative estimate of drug-likeness (QED) is 0.335. The minimum Gasteiger partial charge on any atom is -0.261 e. The van der Waals surface area contributed by atoms with Gasteiger partial charge in [0.2, 0.25) is 0 Å². The highest BCUT2D eigenvalue weighted by atomic mass is 79.9. The third-order valence-electron chi connectivity index (χ3n) is 3.10. The van der Waals surface area contributed by atoms with Gasteiger partial charge in [-0.3, -0.25) is 5.43 Å². The number of aromatic nitrogens is 1. The van der Waals surface area contributed by atoms with Crippen molar-refractivity contribution in [2.45, 2.75) is 4.90 Å². The van der Waals surface area contributed by atoms with Crippen molar-refractivity contribution in [2.24, 2.45) is 5.10 Å². The number of rotatable bonds is 5. The summed E-state index contributed by atoms with van der Waals surface area (Å²) < 4.78 is 1.06. The molecule has 0 atom stereocenters. The Bertz CT molecular complexity index is 795. The van der Waals surface area contributed by atoms with Crippen LogP contribution in [0.15, 0.2) is 68.4 Å². The lowest BCUT2D eigenvalue weighted by Gasteiger charge is -1.98. The van der Waals surface area contributed by atoms with Gasteiger partial charge in [0.15, 0.2) is 5.82 Å². The maximum Gasteiger partial charge on any atom is 0.157 e. The van der Waals surface area contributed by atoms with Crippen molar-refractivity contribution in [3.63, 3.8) is 0 Å². The molecule has 0 amide bonds. The maximum atomic E-state index is 4.54. The molecule has 116 valence electrons. The Morgan fingerprint density at radius 1 is 1.13 bits per heavy atom. The number of nitrogens with zero attached hydrogens (tertiary/aromatic N) is 2. The normalized spacial score (nSPS) is 11.0. The molecular formula is C17H14BrN3S2. The molecular weight excluding hydrogens is 390 g/mol. The topological polar surface area (TPSA) is 37.3 Å². The molecule has 0 bridgehead atoms. The predicted octanol–water partition coefficient (Wildman–Crippen LogP) is 5.74. The molecule has 0 aliphatic carbocycles. The molecule has 2 aromatic carbocycles. The molecule has 0 spiro atoms. The third-order valence-corrected chi connectivity index (χ3v) is 5.27. The lowest BCUT2D eigenvalue weighted by atomic mass is 10.2. The smallest absolute Gasteiger partial charge is 0.157 e. The number of benzene rings is 2. The number of hydrazone groups is 1. The number of thioether (sulfide) groups is 1. The molecule has 0 aliphatic heterocycles. The van der Waals surface area contributed by atoms with Crippen molar-refractivity contribution in [3.8, 4) is 10.6 Å². The SMILES string of the molecule is CSc1ccc(C=NNc2csc(-c3ccc(Br)cc3)n2)cc1. The second kappa shape index (κ2) is 7.77. The van der Waals surface area contributed by atoms with Crippen LogP contribution in [-0.4, -0.2) is 17.5 Å². The van der Waals surface area contributed by atoms with Crippen LogP contribution in [0.3, 0.4) is 0 Å². The van der Waals surface area contributed by atoms with Gasteiger partial charge in [-0.2, -0.15) is 5.10 Å². The van der Waals surface area contributed by atoms with Crippen LogP contribution in [0.25, 0.3) is 10.6 Å². The molecule has 0 aliphatic rings. The zero-order valence-electron chi connectivity index (χ0n) is 12.4. The summed E-state index contributed by atoms with van der Waals surface area (Å²) in [5.74, 6) is 0.755. The summed E-state index contributed by atoms with van der Waals surface area (Å²) in [6.45, 7) is 0. The first-order valence-corrected chi connectivity index (χ1v) is 9.79. The molecule has 3 aromatic rings. The monoisotopic (exact) mass is 403 g/mol. The van der Waals surface area contributed by atoms with Crippen LogP contribution >= 0.6 is 39.0 Å². The van der Waals surface area contributed by atoms with E-state index in [4.69, 9.17) is 0 Å². The molecule has 0 unspecified atom stereocenters. The Labute approximate surface area is 152 Å². The summed E-state index contributed by atoms with van der Waals surface area (Å²) in [6, 6.07) is 16.4. The summed E-state index contributed by atoms with van der Waals surface area (Å²) in [6.07, 6.45) is 3.86. The van der Waals surface area contributed by atoms with Gasteiger partial charge in [0, 0.05) is 20.3 Å². The Kier molecular flexibility index (Phi) is 5.48. The van der Waals surface area contributed by atoms with Crippen molar-refractivity contribution in [1.29, 1.82) is 0 Å². The average molecular weight is 404 g/mol. The Balaban J connectivity index is 1.64. The highest BCUT2D eigenvalue weighted by Gasteiger charge is 2.03. The number of thiazole rings is 1. The first kappa shape index (κ1) is 16.2. The Morgan fingerprint density at radius 3 is 2.57 bits per heavy atom. The molecule has 0 fully saturated rings. The van der Waals surface area contributed by atoms with Gasteiger partial charge in [-0.25, -0.2) is 4.98 Å². The van der Waals surface area contributed by atoms with Crippen molar-refractivity contribution < 1.29 is 0 Å². The standard InChI is InChI=1S/C17H14BrN3S2/c1-22-15-8-2-12(3-9-15)10-19-21-16-11-23-17(20-16)13-4-6-14(18)7-5-13/h2-11,21H,1H3. The van der Waals surface area contributed by atoms with Crippen molar-refractivity contribution >= 4 is 51.1 Å². The molecule has 23 heavy (non-hydrogen) atoms. The summed E-state index contributed by atoms with van der Waals surface area (Å²) >= 11 is 6.76. The van der Waals surface area contributed by atoms with Crippen LogP contribution in [-0.2, 0) is 0 Å². The van der Waals surface area contributed by atoms with Gasteiger partial charge >= 0.3 is 0 Å². The van der Waals surface area contributed by atoms with E-state index in [0.717, 1.165) is 26.4 Å². The van der Waals surface area contributed by atoms with Crippen LogP contribution in [0, 0.1) is 0 Å². The molecule has 1 heterocycles. The van der Waals surface area contributed by atoms with E-state index in [2.05, 4.69) is 49.8 Å². The maximum absolute atomic E-state index is 4.54. The molecule has 6 heteroatoms. The van der Waals surface area contributed by atoms with Gasteiger partial charge in [-0.15, -0.1) is 23.1 Å². The first-order chi connectivity index (χ1) is 11.2. The molecule has 1 aromatic heterocycles. The van der Waals surface area contributed by atoms with Gasteiger partial charge in [-0.05, 0) is 36.1 Å². The van der Waals surface area contributed by atoms with Crippen molar-refractivity contribution in [2.75, 3.05) is 11.7 Å². The lowest BCUT2D eigenvalue weighted by Crippen LogP contribution is -1.90. The fourth-order valence-electron chi connectivity index (χ4n) is 1.91. The lowest BCUT2D eigenvalue weighted by molar-refractivity contribution is 1.27. The number of nitrogens with one attached hydrogen (secondary N) is 1. The summed E-state index contributed by atoms with van der Waals surface area (Å²) in [7, 11) is 0. The fraction of sp³-hybridized carbons (Fsp3) is 0.0588. The summed E-state index contributed by atoms with van der Waals surface area (Å²) in [5, 5.41) is 7.18. The van der Waals surface area contributed by atoms with Gasteiger partial charge in [-0.1, -0.05) is 40.2 Å². The van der Waals surface area contributed by atoms with E-state index in [0.29, 0.717) is 0 Å². The molecule has 3 nitrogen and oxygen atoms in total. The molecule has 0 radical (unpaired) electrons. The highest BCUT2D eigenvalue weighted by Crippen LogP contribution is 2.27. The van der Waals surface area contributed by atoms with E-state index in [1.165, 1.54) is 4.90 Å². The second-order valence-corrected chi connectivity index (χ2v) is 7.34. The van der Waals surface area contributed by atoms with E-state index < -0.39 is 0 Å². The first-order valence-electron chi connectivity index (χ1n) is 6.89. The number of halogens is 1. The average Bonchev–Trinajstić information content (AvgIpc) is 3.05. The van der Waals surface area contributed by atoms with E-state index in [1.54, 1.807) is 29.3 Å². The van der Waals surface area contributed by atoms with Crippen LogP contribution in [0.5, 0.6) is 0 Å². The van der Waals surface area contributed by atoms with Gasteiger partial charge in [0.05, 0.1) is 6.21 Å². The zero-order valence-corrected chi connectivity index (χ0v) is 15.6. The minimum absolute atomic E-state index is 0.755. The fourth-order valence-corrected chi connectivity index (χ4v) is 3.34. The Morgan fingerprint density at radius 2 is 1.87 bits per heavy atom. The van der Waals surface area contributed by atoms with Gasteiger partial charge < -0.3 is 0 Å². The van der Waals surface area contributed by atoms with Crippen LogP contribution in [0.1, 0.15) is 5.56 Å². The van der Waals surface area contributed by atoms with E-state index in [1.807, 2.05) is 41.8 Å². The van der Waals surface area contributed by atoms with Crippen LogP contribution in [0.2, 0.25) is 0 Å². The largest absolute Gasteiger partial charge is 0.261 e. The Hall–Kier alpha value is -1.63. The second-order valence-electron chi connectivity index (χ2n) is 4.69. The highest BCUT2D eigenvalue weighted by molar-refractivity contribution is 9.10. The van der Waals surface area contributed by atoms with Crippen molar-refractivity contribution in [1.82, 2.24) is 4.98 Å². The van der Waals surface area contributed by atoms with E-state index in [9.17, 15) is 0 Å². The number of hydrogen-bond donors (Lipinski definition) is 1. The molecule has 0 saturated heterocycles. The van der Waals surface area contributed by atoms with Crippen molar-refractivity contribution in [3.05, 3.63) is 63.9 Å². The third kappa shape index (κ3) is 4.43. The zero-order chi connectivity index (χ0) is 16.1. The molecule has 3 rings (SSSR count). The summed E-state index contributed by atoms with van der Waals surface area (Å²) in [4.78, 5) is 5.79. The summed E-state index contributed by atoms with van der Waals surface area (Å²) in [5.41, 5.74) is 5.13. The van der Waals surface area contributed by atoms with Crippen LogP contribution < -0.4 is 5.43 Å². The van der Waals surface area contributed by atoms with Gasteiger partial charge in [0.25, 0.3) is 0 Å². The van der Waals surface area contributed by atoms with Crippen LogP contribution in [0.4, 0.5) is 5.82 Å². The molecule has 0 saturated carbocycles. The minimum atomic E-state index is 0.755. The predicted molar refractivity (Wildman–Crippen MR) is 105 cm³/mol. The molecule has 1 N–H and O–H groups in total. The van der Waals surface area contributed by atoms with E-state index >= 15 is 0 Å².